The van der Waals surface area contributed by atoms with E-state index in [1.807, 2.05) is 0 Å². The van der Waals surface area contributed by atoms with Gasteiger partial charge < -0.3 is 0 Å². The van der Waals surface area contributed by atoms with Crippen LogP contribution in [0.3, 0.4) is 0 Å². The summed E-state index contributed by atoms with van der Waals surface area (Å²) in [5.74, 6) is 0. The van der Waals surface area contributed by atoms with Crippen molar-refractivity contribution in [1.82, 2.24) is 10.4 Å². The highest BCUT2D eigenvalue weighted by Gasteiger charge is 2.05. The van der Waals surface area contributed by atoms with Gasteiger partial charge in [-0.15, -0.1) is 0 Å². The molecule has 0 aromatic rings. The van der Waals surface area contributed by atoms with Gasteiger partial charge in [-0.2, -0.15) is 13.8 Å². The summed E-state index contributed by atoms with van der Waals surface area (Å²) >= 11 is 0. The molecule has 44 valence electrons. The predicted molar refractivity (Wildman–Crippen MR) is 22.8 cm³/mol. The Kier molecular flexibility index (Phi) is 2.78. The molecule has 1 N–H and O–H groups in total. The first-order valence-corrected chi connectivity index (χ1v) is 1.87. The molecule has 0 aromatic carbocycles. The Bertz CT molecular complexity index is 48.2. The van der Waals surface area contributed by atoms with Crippen LogP contribution in [0.1, 0.15) is 0 Å². The summed E-state index contributed by atoms with van der Waals surface area (Å²) < 4.78 is 22.6. The summed E-state index contributed by atoms with van der Waals surface area (Å²) in [4.78, 5) is 0. The monoisotopic (exact) mass is 110 g/mol. The van der Waals surface area contributed by atoms with E-state index in [9.17, 15) is 8.78 Å². The van der Waals surface area contributed by atoms with Crippen LogP contribution in [0.15, 0.2) is 0 Å². The van der Waals surface area contributed by atoms with E-state index in [2.05, 4.69) is 5.43 Å². The first-order chi connectivity index (χ1) is 3.18. The Labute approximate surface area is 41.1 Å². The van der Waals surface area contributed by atoms with Gasteiger partial charge in [0.15, 0.2) is 0 Å². The zero-order valence-electron chi connectivity index (χ0n) is 4.28. The molecule has 7 heavy (non-hydrogen) atoms. The second-order valence-electron chi connectivity index (χ2n) is 1.11. The summed E-state index contributed by atoms with van der Waals surface area (Å²) in [6.07, 6.45) is 0. The van der Waals surface area contributed by atoms with Crippen molar-refractivity contribution in [2.45, 2.75) is 6.55 Å². The summed E-state index contributed by atoms with van der Waals surface area (Å²) in [6.45, 7) is -2.41. The van der Waals surface area contributed by atoms with Crippen LogP contribution in [0.25, 0.3) is 0 Å². The Morgan fingerprint density at radius 2 is 2.00 bits per heavy atom. The van der Waals surface area contributed by atoms with Crippen LogP contribution in [0.5, 0.6) is 0 Å². The molecule has 0 fully saturated rings. The van der Waals surface area contributed by atoms with Crippen molar-refractivity contribution in [3.05, 3.63) is 0 Å². The van der Waals surface area contributed by atoms with E-state index in [1.165, 1.54) is 14.1 Å². The van der Waals surface area contributed by atoms with E-state index >= 15 is 0 Å². The number of rotatable bonds is 2. The highest BCUT2D eigenvalue weighted by Crippen LogP contribution is 1.91. The molecule has 0 aliphatic rings. The summed E-state index contributed by atoms with van der Waals surface area (Å²) in [6, 6.07) is 0. The first-order valence-electron chi connectivity index (χ1n) is 1.87. The molecule has 0 aromatic heterocycles. The third-order valence-corrected chi connectivity index (χ3v) is 0.645. The topological polar surface area (TPSA) is 15.3 Å². The normalized spacial score (nSPS) is 11.1. The van der Waals surface area contributed by atoms with Crippen LogP contribution in [-0.4, -0.2) is 25.7 Å². The molecule has 0 aliphatic carbocycles. The van der Waals surface area contributed by atoms with Crippen LogP contribution in [0, 0.1) is 0 Å². The van der Waals surface area contributed by atoms with Gasteiger partial charge in [-0.25, -0.2) is 0 Å². The van der Waals surface area contributed by atoms with Crippen molar-refractivity contribution in [2.75, 3.05) is 14.1 Å². The molecule has 0 rings (SSSR count). The lowest BCUT2D eigenvalue weighted by atomic mass is 11.0. The van der Waals surface area contributed by atoms with E-state index in [1.54, 1.807) is 0 Å². The summed E-state index contributed by atoms with van der Waals surface area (Å²) in [5.41, 5.74) is 2.25. The first kappa shape index (κ1) is 6.78. The molecule has 0 bridgehead atoms. The van der Waals surface area contributed by atoms with Gasteiger partial charge in [0.2, 0.25) is 0 Å². The van der Waals surface area contributed by atoms with Crippen molar-refractivity contribution in [1.29, 1.82) is 0 Å². The van der Waals surface area contributed by atoms with Gasteiger partial charge >= 0.3 is 6.55 Å². The molecule has 0 atom stereocenters. The number of halogens is 2. The molecule has 0 heterocycles. The molecule has 0 saturated carbocycles. The second kappa shape index (κ2) is 2.87. The van der Waals surface area contributed by atoms with Gasteiger partial charge in [0.1, 0.15) is 0 Å². The van der Waals surface area contributed by atoms with E-state index in [0.29, 0.717) is 5.01 Å². The number of hydrazine groups is 1. The maximum atomic E-state index is 11.3. The lowest BCUT2D eigenvalue weighted by molar-refractivity contribution is -0.0363. The third kappa shape index (κ3) is 2.47. The van der Waals surface area contributed by atoms with E-state index < -0.39 is 6.55 Å². The Morgan fingerprint density at radius 3 is 2.00 bits per heavy atom. The number of hydrogen-bond acceptors (Lipinski definition) is 2. The van der Waals surface area contributed by atoms with Crippen molar-refractivity contribution >= 4 is 0 Å². The van der Waals surface area contributed by atoms with Crippen LogP contribution >= 0.6 is 0 Å². The van der Waals surface area contributed by atoms with Gasteiger partial charge in [-0.1, -0.05) is 0 Å². The Morgan fingerprint density at radius 1 is 1.57 bits per heavy atom. The standard InChI is InChI=1S/C3H8F2N2/c1-6-7(2)3(4)5/h3,6H,1-2H3. The van der Waals surface area contributed by atoms with Gasteiger partial charge in [0.05, 0.1) is 0 Å². The van der Waals surface area contributed by atoms with Crippen LogP contribution in [0.4, 0.5) is 8.78 Å². The minimum absolute atomic E-state index is 0.708. The molecule has 4 heteroatoms. The number of hydrogen-bond donors (Lipinski definition) is 1. The molecule has 2 nitrogen and oxygen atoms in total. The maximum Gasteiger partial charge on any atom is 0.306 e. The van der Waals surface area contributed by atoms with Crippen LogP contribution < -0.4 is 5.43 Å². The molecule has 0 aliphatic heterocycles. The molecule has 0 spiro atoms. The van der Waals surface area contributed by atoms with Crippen molar-refractivity contribution in [2.24, 2.45) is 0 Å². The van der Waals surface area contributed by atoms with Gasteiger partial charge in [0, 0.05) is 7.05 Å². The average Bonchev–Trinajstić information content (AvgIpc) is 1.65. The molecule has 0 radical (unpaired) electrons. The average molecular weight is 110 g/mol. The predicted octanol–water partition coefficient (Wildman–Crippen LogP) is 0.275. The smallest absolute Gasteiger partial charge is 0.254 e. The van der Waals surface area contributed by atoms with Gasteiger partial charge in [-0.3, -0.25) is 5.43 Å². The van der Waals surface area contributed by atoms with Gasteiger partial charge in [0.25, 0.3) is 0 Å². The molecular weight excluding hydrogens is 102 g/mol. The quantitative estimate of drug-likeness (QED) is 0.405. The fourth-order valence-corrected chi connectivity index (χ4v) is 0.0976. The maximum absolute atomic E-state index is 11.3. The number of nitrogens with zero attached hydrogens (tertiary/aromatic N) is 1. The number of alkyl halides is 2. The van der Waals surface area contributed by atoms with Crippen molar-refractivity contribution < 1.29 is 8.78 Å². The lowest BCUT2D eigenvalue weighted by Gasteiger charge is -2.11. The van der Waals surface area contributed by atoms with Crippen LogP contribution in [0.2, 0.25) is 0 Å². The minimum Gasteiger partial charge on any atom is -0.254 e. The zero-order valence-corrected chi connectivity index (χ0v) is 4.28. The van der Waals surface area contributed by atoms with Gasteiger partial charge in [-0.05, 0) is 7.05 Å². The number of nitrogens with one attached hydrogen (secondary N) is 1. The molecular formula is C3H8F2N2. The van der Waals surface area contributed by atoms with Crippen LogP contribution in [-0.2, 0) is 0 Å². The largest absolute Gasteiger partial charge is 0.306 e. The molecule has 0 amide bonds. The van der Waals surface area contributed by atoms with E-state index in [4.69, 9.17) is 0 Å². The van der Waals surface area contributed by atoms with Crippen molar-refractivity contribution in [3.8, 4) is 0 Å². The summed E-state index contributed by atoms with van der Waals surface area (Å²) in [5, 5.41) is 0.708. The SMILES string of the molecule is CNN(C)C(F)F. The molecule has 0 saturated heterocycles. The fourth-order valence-electron chi connectivity index (χ4n) is 0.0976. The Balaban J connectivity index is 3.14. The molecule has 0 unspecified atom stereocenters. The second-order valence-corrected chi connectivity index (χ2v) is 1.11. The Hall–Kier alpha value is -0.220. The van der Waals surface area contributed by atoms with E-state index in [-0.39, 0.29) is 0 Å². The zero-order chi connectivity index (χ0) is 5.86. The fraction of sp³-hybridized carbons (Fsp3) is 1.00. The highest BCUT2D eigenvalue weighted by molar-refractivity contribution is 4.28. The highest BCUT2D eigenvalue weighted by atomic mass is 19.3. The minimum atomic E-state index is -2.41. The van der Waals surface area contributed by atoms with E-state index in [0.717, 1.165) is 0 Å². The summed E-state index contributed by atoms with van der Waals surface area (Å²) in [7, 11) is 2.71. The van der Waals surface area contributed by atoms with Crippen molar-refractivity contribution in [3.63, 3.8) is 0 Å². The third-order valence-electron chi connectivity index (χ3n) is 0.645. The lowest BCUT2D eigenvalue weighted by Crippen LogP contribution is -2.34.